The molecule has 0 unspecified atom stereocenters. The van der Waals surface area contributed by atoms with Crippen molar-refractivity contribution in [1.29, 1.82) is 0 Å². The zero-order chi connectivity index (χ0) is 30.9. The van der Waals surface area contributed by atoms with Crippen molar-refractivity contribution in [2.24, 2.45) is 5.41 Å². The number of rotatable bonds is 16. The molecule has 1 aliphatic rings. The Morgan fingerprint density at radius 1 is 0.857 bits per heavy atom. The molecule has 1 aliphatic carbocycles. The number of hydrogen-bond acceptors (Lipinski definition) is 4. The van der Waals surface area contributed by atoms with Gasteiger partial charge in [-0.05, 0) is 65.6 Å². The fourth-order valence-corrected chi connectivity index (χ4v) is 14.2. The first-order valence-electron chi connectivity index (χ1n) is 16.0. The summed E-state index contributed by atoms with van der Waals surface area (Å²) < 4.78 is 14.0. The Kier molecular flexibility index (Phi) is 12.4. The summed E-state index contributed by atoms with van der Waals surface area (Å²) in [6, 6.07) is 25.0. The molecule has 0 N–H and O–H groups in total. The number of carbonyl (C=O) groups is 1. The molecule has 0 radical (unpaired) electrons. The summed E-state index contributed by atoms with van der Waals surface area (Å²) in [5, 5.41) is 3.90. The van der Waals surface area contributed by atoms with Crippen molar-refractivity contribution >= 4 is 32.9 Å². The van der Waals surface area contributed by atoms with Gasteiger partial charge >= 0.3 is 0 Å². The molecular formula is C35H55NO4Si2. The number of hydroxylamine groups is 2. The highest BCUT2D eigenvalue weighted by atomic mass is 28.4. The van der Waals surface area contributed by atoms with Crippen LogP contribution in [0, 0.1) is 5.41 Å². The molecule has 0 aliphatic heterocycles. The second kappa shape index (κ2) is 15.1. The number of carbonyl (C=O) groups excluding carboxylic acids is 1. The van der Waals surface area contributed by atoms with Gasteiger partial charge in [-0.3, -0.25) is 9.63 Å². The predicted octanol–water partition coefficient (Wildman–Crippen LogP) is 7.48. The van der Waals surface area contributed by atoms with E-state index < -0.39 is 16.6 Å². The van der Waals surface area contributed by atoms with Crippen LogP contribution in [0.5, 0.6) is 0 Å². The Labute approximate surface area is 257 Å². The molecule has 0 spiro atoms. The summed E-state index contributed by atoms with van der Waals surface area (Å²) in [6.07, 6.45) is 6.65. The van der Waals surface area contributed by atoms with Crippen LogP contribution in [0.25, 0.3) is 0 Å². The van der Waals surface area contributed by atoms with E-state index in [0.717, 1.165) is 55.8 Å². The lowest BCUT2D eigenvalue weighted by molar-refractivity contribution is -0.165. The monoisotopic (exact) mass is 609 g/mol. The van der Waals surface area contributed by atoms with Crippen LogP contribution in [-0.2, 0) is 18.5 Å². The molecule has 0 bridgehead atoms. The van der Waals surface area contributed by atoms with Gasteiger partial charge in [0.1, 0.15) is 0 Å². The van der Waals surface area contributed by atoms with Gasteiger partial charge < -0.3 is 8.85 Å². The lowest BCUT2D eigenvalue weighted by Crippen LogP contribution is -2.66. The van der Waals surface area contributed by atoms with Crippen LogP contribution in [-0.4, -0.2) is 55.0 Å². The number of nitrogens with zero attached hydrogens (tertiary/aromatic N) is 1. The molecule has 1 amide bonds. The van der Waals surface area contributed by atoms with Crippen LogP contribution < -0.4 is 10.4 Å². The third kappa shape index (κ3) is 7.36. The summed E-state index contributed by atoms with van der Waals surface area (Å²) in [7, 11) is -1.06. The van der Waals surface area contributed by atoms with Crippen molar-refractivity contribution in [1.82, 2.24) is 5.06 Å². The van der Waals surface area contributed by atoms with E-state index in [1.807, 2.05) is 0 Å². The minimum Gasteiger partial charge on any atom is -0.417 e. The second-order valence-corrected chi connectivity index (χ2v) is 22.0. The Morgan fingerprint density at radius 2 is 1.40 bits per heavy atom. The molecule has 3 rings (SSSR count). The summed E-state index contributed by atoms with van der Waals surface area (Å²) >= 11 is 0. The molecule has 5 nitrogen and oxygen atoms in total. The van der Waals surface area contributed by atoms with E-state index >= 15 is 0 Å². The zero-order valence-corrected chi connectivity index (χ0v) is 29.5. The van der Waals surface area contributed by atoms with E-state index in [0.29, 0.717) is 13.2 Å². The molecule has 0 saturated heterocycles. The first kappa shape index (κ1) is 34.5. The molecule has 232 valence electrons. The van der Waals surface area contributed by atoms with Gasteiger partial charge in [0.05, 0.1) is 7.11 Å². The molecule has 0 aromatic heterocycles. The number of likely N-dealkylation sites (N-methyl/N-ethyl adjacent to an activating group) is 1. The highest BCUT2D eigenvalue weighted by Crippen LogP contribution is 2.47. The van der Waals surface area contributed by atoms with Crippen molar-refractivity contribution in [3.05, 3.63) is 72.3 Å². The summed E-state index contributed by atoms with van der Waals surface area (Å²) in [5.74, 6) is -0.0344. The van der Waals surface area contributed by atoms with Gasteiger partial charge in [-0.15, -0.1) is 0 Å². The molecule has 0 heterocycles. The maximum absolute atomic E-state index is 13.5. The first-order chi connectivity index (χ1) is 20.0. The zero-order valence-electron chi connectivity index (χ0n) is 27.5. The van der Waals surface area contributed by atoms with Crippen LogP contribution in [0.2, 0.25) is 23.2 Å². The second-order valence-electron chi connectivity index (χ2n) is 12.9. The van der Waals surface area contributed by atoms with Crippen molar-refractivity contribution in [3.8, 4) is 0 Å². The SMILES string of the molecule is CC[Si](CC)(CC)OCC[C@@]1(CCCO[Si](c2ccccc2)(c2ccccc2)C(C)(C)C)CCC=C1C(=O)N(C)OC. The highest BCUT2D eigenvalue weighted by molar-refractivity contribution is 6.99. The largest absolute Gasteiger partial charge is 0.417 e. The van der Waals surface area contributed by atoms with E-state index in [-0.39, 0.29) is 16.4 Å². The average Bonchev–Trinajstić information content (AvgIpc) is 3.42. The standard InChI is InChI=1S/C35H55NO4Si2/c1-9-41(10-2,11-3)39-29-27-35(25-18-24-32(35)33(37)36(7)38-8)26-19-28-40-42(34(4,5)6,30-20-14-12-15-21-30)31-22-16-13-17-23-31/h12-17,20-24H,9-11,18-19,25-29H2,1-8H3/t35-/m0/s1. The maximum atomic E-state index is 13.5. The Morgan fingerprint density at radius 3 is 1.88 bits per heavy atom. The van der Waals surface area contributed by atoms with Crippen LogP contribution in [0.3, 0.4) is 0 Å². The van der Waals surface area contributed by atoms with Crippen molar-refractivity contribution in [2.45, 2.75) is 96.8 Å². The van der Waals surface area contributed by atoms with Crippen molar-refractivity contribution in [3.63, 3.8) is 0 Å². The highest BCUT2D eigenvalue weighted by Gasteiger charge is 2.50. The van der Waals surface area contributed by atoms with E-state index in [4.69, 9.17) is 13.7 Å². The fraction of sp³-hybridized carbons (Fsp3) is 0.571. The third-order valence-electron chi connectivity index (χ3n) is 9.79. The predicted molar refractivity (Wildman–Crippen MR) is 180 cm³/mol. The molecule has 7 heteroatoms. The summed E-state index contributed by atoms with van der Waals surface area (Å²) in [6.45, 7) is 15.1. The minimum atomic E-state index is -2.61. The lowest BCUT2D eigenvalue weighted by Gasteiger charge is -2.43. The molecular weight excluding hydrogens is 555 g/mol. The van der Waals surface area contributed by atoms with Gasteiger partial charge in [0, 0.05) is 31.2 Å². The van der Waals surface area contributed by atoms with E-state index in [2.05, 4.69) is 108 Å². The molecule has 0 saturated carbocycles. The van der Waals surface area contributed by atoms with E-state index in [1.165, 1.54) is 15.4 Å². The topological polar surface area (TPSA) is 48.0 Å². The third-order valence-corrected chi connectivity index (χ3v) is 19.5. The van der Waals surface area contributed by atoms with Crippen LogP contribution in [0.1, 0.15) is 73.6 Å². The molecule has 2 aromatic carbocycles. The smallest absolute Gasteiger partial charge is 0.273 e. The van der Waals surface area contributed by atoms with Crippen molar-refractivity contribution < 1.29 is 18.5 Å². The minimum absolute atomic E-state index is 0.0344. The quantitative estimate of drug-likeness (QED) is 0.112. The van der Waals surface area contributed by atoms with Gasteiger partial charge in [-0.25, -0.2) is 5.06 Å². The van der Waals surface area contributed by atoms with Gasteiger partial charge in [0.2, 0.25) is 0 Å². The molecule has 42 heavy (non-hydrogen) atoms. The van der Waals surface area contributed by atoms with Crippen LogP contribution in [0.15, 0.2) is 72.3 Å². The van der Waals surface area contributed by atoms with Gasteiger partial charge in [0.15, 0.2) is 8.32 Å². The first-order valence-corrected chi connectivity index (χ1v) is 20.4. The number of amides is 1. The molecule has 0 fully saturated rings. The Hall–Kier alpha value is -2.04. The normalized spacial score (nSPS) is 17.8. The van der Waals surface area contributed by atoms with Gasteiger partial charge in [-0.1, -0.05) is 108 Å². The van der Waals surface area contributed by atoms with Gasteiger partial charge in [0.25, 0.3) is 14.2 Å². The van der Waals surface area contributed by atoms with Gasteiger partial charge in [-0.2, -0.15) is 0 Å². The summed E-state index contributed by atoms with van der Waals surface area (Å²) in [5.41, 5.74) is 0.659. The maximum Gasteiger partial charge on any atom is 0.273 e. The number of benzene rings is 2. The van der Waals surface area contributed by atoms with E-state index in [1.54, 1.807) is 14.2 Å². The fourth-order valence-electron chi connectivity index (χ4n) is 6.97. The molecule has 2 aromatic rings. The number of allylic oxidation sites excluding steroid dienone is 1. The Bertz CT molecular complexity index is 1100. The molecule has 1 atom stereocenters. The summed E-state index contributed by atoms with van der Waals surface area (Å²) in [4.78, 5) is 18.8. The van der Waals surface area contributed by atoms with Crippen LogP contribution in [0.4, 0.5) is 0 Å². The van der Waals surface area contributed by atoms with E-state index in [9.17, 15) is 4.79 Å². The average molecular weight is 610 g/mol. The number of hydrogen-bond donors (Lipinski definition) is 0. The lowest BCUT2D eigenvalue weighted by atomic mass is 9.74. The Balaban J connectivity index is 1.87. The van der Waals surface area contributed by atoms with Crippen LogP contribution >= 0.6 is 0 Å². The van der Waals surface area contributed by atoms with Crippen molar-refractivity contribution in [2.75, 3.05) is 27.4 Å².